The van der Waals surface area contributed by atoms with Crippen molar-refractivity contribution in [1.29, 1.82) is 0 Å². The second kappa shape index (κ2) is 9.95. The summed E-state index contributed by atoms with van der Waals surface area (Å²) in [5, 5.41) is 23.7. The Morgan fingerprint density at radius 1 is 1.36 bits per heavy atom. The van der Waals surface area contributed by atoms with Gasteiger partial charge in [-0.15, -0.1) is 0 Å². The summed E-state index contributed by atoms with van der Waals surface area (Å²) >= 11 is 0. The van der Waals surface area contributed by atoms with Gasteiger partial charge in [0.05, 0.1) is 16.7 Å². The van der Waals surface area contributed by atoms with E-state index in [0.29, 0.717) is 12.2 Å². The Balaban J connectivity index is 2.88. The van der Waals surface area contributed by atoms with Gasteiger partial charge in [0.25, 0.3) is 5.69 Å². The molecule has 0 spiro atoms. The molecule has 1 unspecified atom stereocenters. The van der Waals surface area contributed by atoms with E-state index in [1.54, 1.807) is 13.8 Å². The standard InChI is InChI=1S/C17H27N3O5/c1-5-19(6-2)10-14(21)11-25-16-9-13(20(23)24)7-8-15(16)18-17(22)12(3)4/h7-9,12,14,21H,5-6,10-11H2,1-4H3,(H,18,22). The van der Waals surface area contributed by atoms with Crippen LogP contribution < -0.4 is 10.1 Å². The predicted octanol–water partition coefficient (Wildman–Crippen LogP) is 2.27. The number of anilines is 1. The minimum absolute atomic E-state index is 0.0256. The minimum atomic E-state index is -0.743. The van der Waals surface area contributed by atoms with E-state index in [2.05, 4.69) is 5.32 Å². The van der Waals surface area contributed by atoms with Crippen molar-refractivity contribution < 1.29 is 19.6 Å². The Morgan fingerprint density at radius 3 is 2.52 bits per heavy atom. The highest BCUT2D eigenvalue weighted by Crippen LogP contribution is 2.30. The number of aliphatic hydroxyl groups excluding tert-OH is 1. The van der Waals surface area contributed by atoms with E-state index < -0.39 is 11.0 Å². The molecule has 1 atom stereocenters. The maximum atomic E-state index is 11.9. The van der Waals surface area contributed by atoms with Crippen LogP contribution in [0.2, 0.25) is 0 Å². The molecule has 1 rings (SSSR count). The van der Waals surface area contributed by atoms with Crippen LogP contribution in [0.4, 0.5) is 11.4 Å². The van der Waals surface area contributed by atoms with Crippen LogP contribution in [0.5, 0.6) is 5.75 Å². The number of nitrogens with one attached hydrogen (secondary N) is 1. The third-order valence-electron chi connectivity index (χ3n) is 3.75. The van der Waals surface area contributed by atoms with Gasteiger partial charge in [0, 0.05) is 18.5 Å². The molecular weight excluding hydrogens is 326 g/mol. The first-order valence-corrected chi connectivity index (χ1v) is 8.40. The molecule has 140 valence electrons. The number of likely N-dealkylation sites (N-methyl/N-ethyl adjacent to an activating group) is 1. The quantitative estimate of drug-likeness (QED) is 0.494. The Bertz CT molecular complexity index is 588. The molecule has 8 nitrogen and oxygen atoms in total. The monoisotopic (exact) mass is 353 g/mol. The van der Waals surface area contributed by atoms with Gasteiger partial charge in [-0.3, -0.25) is 14.9 Å². The van der Waals surface area contributed by atoms with Crippen molar-refractivity contribution in [2.45, 2.75) is 33.8 Å². The number of carbonyl (C=O) groups excluding carboxylic acids is 1. The molecular formula is C17H27N3O5. The van der Waals surface area contributed by atoms with Gasteiger partial charge in [-0.1, -0.05) is 27.7 Å². The molecule has 8 heteroatoms. The van der Waals surface area contributed by atoms with Gasteiger partial charge in [-0.25, -0.2) is 0 Å². The Hall–Kier alpha value is -2.19. The second-order valence-electron chi connectivity index (χ2n) is 6.03. The number of ether oxygens (including phenoxy) is 1. The third-order valence-corrected chi connectivity index (χ3v) is 3.75. The van der Waals surface area contributed by atoms with E-state index in [1.165, 1.54) is 18.2 Å². The highest BCUT2D eigenvalue weighted by Gasteiger charge is 2.17. The molecule has 0 bridgehead atoms. The van der Waals surface area contributed by atoms with Crippen LogP contribution in [0.1, 0.15) is 27.7 Å². The smallest absolute Gasteiger partial charge is 0.273 e. The molecule has 0 aliphatic carbocycles. The van der Waals surface area contributed by atoms with Crippen LogP contribution in [-0.4, -0.2) is 53.2 Å². The first-order chi connectivity index (χ1) is 11.8. The zero-order chi connectivity index (χ0) is 19.0. The molecule has 0 aliphatic heterocycles. The number of hydrogen-bond donors (Lipinski definition) is 2. The van der Waals surface area contributed by atoms with Crippen molar-refractivity contribution >= 4 is 17.3 Å². The molecule has 0 aromatic heterocycles. The fourth-order valence-corrected chi connectivity index (χ4v) is 2.14. The van der Waals surface area contributed by atoms with Crippen LogP contribution in [0.3, 0.4) is 0 Å². The van der Waals surface area contributed by atoms with E-state index in [1.807, 2.05) is 18.7 Å². The summed E-state index contributed by atoms with van der Waals surface area (Å²) in [7, 11) is 0. The highest BCUT2D eigenvalue weighted by molar-refractivity contribution is 5.93. The van der Waals surface area contributed by atoms with Gasteiger partial charge in [0.1, 0.15) is 18.5 Å². The second-order valence-corrected chi connectivity index (χ2v) is 6.03. The van der Waals surface area contributed by atoms with Crippen molar-refractivity contribution in [3.8, 4) is 5.75 Å². The summed E-state index contributed by atoms with van der Waals surface area (Å²) in [6, 6.07) is 3.99. The number of carbonyl (C=O) groups is 1. The van der Waals surface area contributed by atoms with Gasteiger partial charge in [-0.2, -0.15) is 0 Å². The van der Waals surface area contributed by atoms with E-state index in [0.717, 1.165) is 13.1 Å². The number of nitrogens with zero attached hydrogens (tertiary/aromatic N) is 2. The molecule has 0 saturated heterocycles. The van der Waals surface area contributed by atoms with Gasteiger partial charge in [0.2, 0.25) is 5.91 Å². The zero-order valence-electron chi connectivity index (χ0n) is 15.2. The largest absolute Gasteiger partial charge is 0.488 e. The van der Waals surface area contributed by atoms with Crippen LogP contribution >= 0.6 is 0 Å². The molecule has 0 saturated carbocycles. The lowest BCUT2D eigenvalue weighted by Crippen LogP contribution is -2.35. The fraction of sp³-hybridized carbons (Fsp3) is 0.588. The average molecular weight is 353 g/mol. The number of nitro benzene ring substituents is 1. The summed E-state index contributed by atoms with van der Waals surface area (Å²) < 4.78 is 5.56. The van der Waals surface area contributed by atoms with Crippen LogP contribution in [0.25, 0.3) is 0 Å². The third kappa shape index (κ3) is 6.67. The molecule has 0 radical (unpaired) electrons. The van der Waals surface area contributed by atoms with Crippen LogP contribution in [0.15, 0.2) is 18.2 Å². The molecule has 0 aliphatic rings. The van der Waals surface area contributed by atoms with Gasteiger partial charge >= 0.3 is 0 Å². The number of benzene rings is 1. The lowest BCUT2D eigenvalue weighted by Gasteiger charge is -2.22. The summed E-state index contributed by atoms with van der Waals surface area (Å²) in [6.07, 6.45) is -0.743. The van der Waals surface area contributed by atoms with Crippen molar-refractivity contribution in [2.75, 3.05) is 31.6 Å². The normalized spacial score (nSPS) is 12.3. The summed E-state index contributed by atoms with van der Waals surface area (Å²) in [5.74, 6) is -0.291. The SMILES string of the molecule is CCN(CC)CC(O)COc1cc([N+](=O)[O-])ccc1NC(=O)C(C)C. The fourth-order valence-electron chi connectivity index (χ4n) is 2.14. The number of rotatable bonds is 10. The Morgan fingerprint density at radius 2 is 2.00 bits per heavy atom. The number of hydrogen-bond acceptors (Lipinski definition) is 6. The van der Waals surface area contributed by atoms with Gasteiger partial charge in [0.15, 0.2) is 0 Å². The van der Waals surface area contributed by atoms with Crippen molar-refractivity contribution in [2.24, 2.45) is 5.92 Å². The summed E-state index contributed by atoms with van der Waals surface area (Å²) in [5.41, 5.74) is 0.204. The molecule has 1 aromatic carbocycles. The zero-order valence-corrected chi connectivity index (χ0v) is 15.2. The average Bonchev–Trinajstić information content (AvgIpc) is 2.58. The molecule has 1 aromatic rings. The Kier molecular flexibility index (Phi) is 8.30. The van der Waals surface area contributed by atoms with Crippen molar-refractivity contribution in [3.05, 3.63) is 28.3 Å². The van der Waals surface area contributed by atoms with Crippen LogP contribution in [0, 0.1) is 16.0 Å². The topological polar surface area (TPSA) is 105 Å². The molecule has 0 heterocycles. The summed E-state index contributed by atoms with van der Waals surface area (Å²) in [6.45, 7) is 9.51. The van der Waals surface area contributed by atoms with Crippen molar-refractivity contribution in [3.63, 3.8) is 0 Å². The first-order valence-electron chi connectivity index (χ1n) is 8.40. The van der Waals surface area contributed by atoms with E-state index >= 15 is 0 Å². The maximum Gasteiger partial charge on any atom is 0.273 e. The van der Waals surface area contributed by atoms with E-state index in [-0.39, 0.29) is 29.9 Å². The Labute approximate surface area is 147 Å². The number of amides is 1. The maximum absolute atomic E-state index is 11.9. The first kappa shape index (κ1) is 20.9. The lowest BCUT2D eigenvalue weighted by atomic mass is 10.2. The number of nitro groups is 1. The highest BCUT2D eigenvalue weighted by atomic mass is 16.6. The molecule has 25 heavy (non-hydrogen) atoms. The molecule has 0 fully saturated rings. The lowest BCUT2D eigenvalue weighted by molar-refractivity contribution is -0.384. The van der Waals surface area contributed by atoms with E-state index in [9.17, 15) is 20.0 Å². The minimum Gasteiger partial charge on any atom is -0.488 e. The number of non-ortho nitro benzene ring substituents is 1. The predicted molar refractivity (Wildman–Crippen MR) is 95.9 cm³/mol. The van der Waals surface area contributed by atoms with Gasteiger partial charge < -0.3 is 20.1 Å². The number of aliphatic hydroxyl groups is 1. The van der Waals surface area contributed by atoms with Gasteiger partial charge in [-0.05, 0) is 19.2 Å². The van der Waals surface area contributed by atoms with E-state index in [4.69, 9.17) is 4.74 Å². The summed E-state index contributed by atoms with van der Waals surface area (Å²) in [4.78, 5) is 24.4. The molecule has 1 amide bonds. The van der Waals surface area contributed by atoms with Crippen LogP contribution in [-0.2, 0) is 4.79 Å². The van der Waals surface area contributed by atoms with Crippen molar-refractivity contribution in [1.82, 2.24) is 4.90 Å². The molecule has 2 N–H and O–H groups in total.